The molecule has 4 heteroatoms. The van der Waals surface area contributed by atoms with Crippen LogP contribution in [0.3, 0.4) is 0 Å². The first-order valence-electron chi connectivity index (χ1n) is 6.34. The van der Waals surface area contributed by atoms with Crippen molar-refractivity contribution in [2.75, 3.05) is 19.8 Å². The lowest BCUT2D eigenvalue weighted by atomic mass is 9.76. The number of piperidine rings is 1. The maximum atomic E-state index is 11.3. The maximum absolute atomic E-state index is 11.3. The summed E-state index contributed by atoms with van der Waals surface area (Å²) in [5, 5.41) is 2.94. The van der Waals surface area contributed by atoms with Crippen LogP contribution in [0.2, 0.25) is 0 Å². The normalized spacial score (nSPS) is 26.6. The van der Waals surface area contributed by atoms with Gasteiger partial charge >= 0.3 is 0 Å². The first-order valence-corrected chi connectivity index (χ1v) is 6.34. The third-order valence-electron chi connectivity index (χ3n) is 3.82. The number of fused-ring (bicyclic) bond motifs is 1. The number of ether oxygens (including phenoxy) is 2. The molecule has 0 bridgehead atoms. The predicted molar refractivity (Wildman–Crippen MR) is 67.0 cm³/mol. The Labute approximate surface area is 106 Å². The highest BCUT2D eigenvalue weighted by Gasteiger charge is 2.32. The summed E-state index contributed by atoms with van der Waals surface area (Å²) < 4.78 is 11.1. The van der Waals surface area contributed by atoms with Gasteiger partial charge in [-0.2, -0.15) is 0 Å². The Hall–Kier alpha value is -1.71. The van der Waals surface area contributed by atoms with Crippen molar-refractivity contribution in [1.29, 1.82) is 0 Å². The molecule has 1 amide bonds. The number of hydrogen-bond donors (Lipinski definition) is 1. The summed E-state index contributed by atoms with van der Waals surface area (Å²) in [6.45, 7) is 4.08. The van der Waals surface area contributed by atoms with E-state index in [1.807, 2.05) is 12.1 Å². The number of amides is 1. The molecule has 2 aliphatic heterocycles. The predicted octanol–water partition coefficient (Wildman–Crippen LogP) is 1.63. The SMILES string of the molecule is CC1(c2ccc3c(c2)OCCO3)CCC(=O)NC1. The lowest BCUT2D eigenvalue weighted by molar-refractivity contribution is -0.123. The van der Waals surface area contributed by atoms with Gasteiger partial charge in [0.05, 0.1) is 0 Å². The summed E-state index contributed by atoms with van der Waals surface area (Å²) in [7, 11) is 0. The molecule has 0 spiro atoms. The molecule has 1 fully saturated rings. The second kappa shape index (κ2) is 4.19. The number of benzene rings is 1. The Bertz CT molecular complexity index is 474. The smallest absolute Gasteiger partial charge is 0.220 e. The molecule has 3 rings (SSSR count). The Morgan fingerprint density at radius 3 is 2.72 bits per heavy atom. The van der Waals surface area contributed by atoms with Crippen molar-refractivity contribution in [3.8, 4) is 11.5 Å². The highest BCUT2D eigenvalue weighted by atomic mass is 16.6. The van der Waals surface area contributed by atoms with Gasteiger partial charge in [0.25, 0.3) is 0 Å². The van der Waals surface area contributed by atoms with Crippen LogP contribution >= 0.6 is 0 Å². The minimum atomic E-state index is -0.0102. The van der Waals surface area contributed by atoms with Crippen LogP contribution in [0.25, 0.3) is 0 Å². The van der Waals surface area contributed by atoms with E-state index in [1.54, 1.807) is 0 Å². The van der Waals surface area contributed by atoms with E-state index < -0.39 is 0 Å². The van der Waals surface area contributed by atoms with Gasteiger partial charge < -0.3 is 14.8 Å². The van der Waals surface area contributed by atoms with Crippen molar-refractivity contribution < 1.29 is 14.3 Å². The van der Waals surface area contributed by atoms with Gasteiger partial charge in [-0.25, -0.2) is 0 Å². The fourth-order valence-electron chi connectivity index (χ4n) is 2.53. The molecule has 1 atom stereocenters. The summed E-state index contributed by atoms with van der Waals surface area (Å²) in [6, 6.07) is 6.09. The fraction of sp³-hybridized carbons (Fsp3) is 0.500. The second-order valence-electron chi connectivity index (χ2n) is 5.20. The Morgan fingerprint density at radius 1 is 1.22 bits per heavy atom. The van der Waals surface area contributed by atoms with Crippen molar-refractivity contribution >= 4 is 5.91 Å². The largest absolute Gasteiger partial charge is 0.486 e. The van der Waals surface area contributed by atoms with Crippen LogP contribution in [-0.2, 0) is 10.2 Å². The highest BCUT2D eigenvalue weighted by molar-refractivity contribution is 5.77. The molecule has 0 aliphatic carbocycles. The standard InChI is InChI=1S/C14H17NO3/c1-14(5-4-13(16)15-9-14)10-2-3-11-12(8-10)18-7-6-17-11/h2-3,8H,4-7,9H2,1H3,(H,15,16). The molecule has 0 aromatic heterocycles. The molecular formula is C14H17NO3. The average molecular weight is 247 g/mol. The maximum Gasteiger partial charge on any atom is 0.220 e. The summed E-state index contributed by atoms with van der Waals surface area (Å²) in [6.07, 6.45) is 1.46. The van der Waals surface area contributed by atoms with E-state index in [9.17, 15) is 4.79 Å². The minimum Gasteiger partial charge on any atom is -0.486 e. The molecule has 2 heterocycles. The van der Waals surface area contributed by atoms with E-state index in [0.717, 1.165) is 17.9 Å². The van der Waals surface area contributed by atoms with Crippen LogP contribution in [0.5, 0.6) is 11.5 Å². The molecule has 0 saturated carbocycles. The fourth-order valence-corrected chi connectivity index (χ4v) is 2.53. The lowest BCUT2D eigenvalue weighted by Crippen LogP contribution is -2.44. The van der Waals surface area contributed by atoms with Crippen LogP contribution in [0.4, 0.5) is 0 Å². The molecular weight excluding hydrogens is 230 g/mol. The van der Waals surface area contributed by atoms with Crippen molar-refractivity contribution in [3.05, 3.63) is 23.8 Å². The summed E-state index contributed by atoms with van der Waals surface area (Å²) in [5.41, 5.74) is 1.19. The molecule has 2 aliphatic rings. The van der Waals surface area contributed by atoms with Crippen molar-refractivity contribution in [1.82, 2.24) is 5.32 Å². The molecule has 1 aromatic rings. The highest BCUT2D eigenvalue weighted by Crippen LogP contribution is 2.37. The number of rotatable bonds is 1. The molecule has 18 heavy (non-hydrogen) atoms. The Kier molecular flexibility index (Phi) is 2.65. The Balaban J connectivity index is 1.89. The molecule has 1 unspecified atom stereocenters. The second-order valence-corrected chi connectivity index (χ2v) is 5.20. The number of hydrogen-bond acceptors (Lipinski definition) is 3. The van der Waals surface area contributed by atoms with E-state index in [0.29, 0.717) is 26.2 Å². The van der Waals surface area contributed by atoms with Gasteiger partial charge in [-0.1, -0.05) is 13.0 Å². The number of carbonyl (C=O) groups excluding carboxylic acids is 1. The summed E-state index contributed by atoms with van der Waals surface area (Å²) in [5.74, 6) is 1.77. The molecule has 1 saturated heterocycles. The zero-order chi connectivity index (χ0) is 12.6. The van der Waals surface area contributed by atoms with Crippen LogP contribution in [0.1, 0.15) is 25.3 Å². The monoisotopic (exact) mass is 247 g/mol. The van der Waals surface area contributed by atoms with Crippen LogP contribution in [0.15, 0.2) is 18.2 Å². The van der Waals surface area contributed by atoms with Gasteiger partial charge in [0.2, 0.25) is 5.91 Å². The van der Waals surface area contributed by atoms with E-state index >= 15 is 0 Å². The molecule has 0 radical (unpaired) electrons. The van der Waals surface area contributed by atoms with Crippen LogP contribution in [-0.4, -0.2) is 25.7 Å². The lowest BCUT2D eigenvalue weighted by Gasteiger charge is -2.34. The topological polar surface area (TPSA) is 47.6 Å². The average Bonchev–Trinajstić information content (AvgIpc) is 2.42. The first kappa shape index (κ1) is 11.4. The van der Waals surface area contributed by atoms with E-state index in [2.05, 4.69) is 18.3 Å². The molecule has 1 aromatic carbocycles. The molecule has 96 valence electrons. The van der Waals surface area contributed by atoms with E-state index in [-0.39, 0.29) is 11.3 Å². The third-order valence-corrected chi connectivity index (χ3v) is 3.82. The summed E-state index contributed by atoms with van der Waals surface area (Å²) in [4.78, 5) is 11.3. The molecule has 1 N–H and O–H groups in total. The third kappa shape index (κ3) is 1.92. The zero-order valence-electron chi connectivity index (χ0n) is 10.5. The minimum absolute atomic E-state index is 0.0102. The van der Waals surface area contributed by atoms with Crippen molar-refractivity contribution in [2.45, 2.75) is 25.2 Å². The van der Waals surface area contributed by atoms with Gasteiger partial charge in [-0.05, 0) is 24.1 Å². The van der Waals surface area contributed by atoms with Crippen LogP contribution in [0, 0.1) is 0 Å². The summed E-state index contributed by atoms with van der Waals surface area (Å²) >= 11 is 0. The van der Waals surface area contributed by atoms with Gasteiger partial charge in [-0.15, -0.1) is 0 Å². The van der Waals surface area contributed by atoms with Crippen LogP contribution < -0.4 is 14.8 Å². The van der Waals surface area contributed by atoms with Gasteiger partial charge in [-0.3, -0.25) is 4.79 Å². The number of nitrogens with one attached hydrogen (secondary N) is 1. The van der Waals surface area contributed by atoms with Gasteiger partial charge in [0, 0.05) is 18.4 Å². The number of carbonyl (C=O) groups is 1. The van der Waals surface area contributed by atoms with Gasteiger partial charge in [0.1, 0.15) is 13.2 Å². The van der Waals surface area contributed by atoms with Crippen molar-refractivity contribution in [3.63, 3.8) is 0 Å². The van der Waals surface area contributed by atoms with Gasteiger partial charge in [0.15, 0.2) is 11.5 Å². The Morgan fingerprint density at radius 2 is 2.00 bits per heavy atom. The van der Waals surface area contributed by atoms with E-state index in [1.165, 1.54) is 5.56 Å². The quantitative estimate of drug-likeness (QED) is 0.820. The zero-order valence-corrected chi connectivity index (χ0v) is 10.5. The first-order chi connectivity index (χ1) is 8.67. The van der Waals surface area contributed by atoms with Crippen molar-refractivity contribution in [2.24, 2.45) is 0 Å². The van der Waals surface area contributed by atoms with E-state index in [4.69, 9.17) is 9.47 Å². The molecule has 4 nitrogen and oxygen atoms in total.